The molecular weight excluding hydrogens is 292 g/mol. The number of nitrogens with zero attached hydrogens (tertiary/aromatic N) is 5. The third-order valence-electron chi connectivity index (χ3n) is 2.34. The number of anilines is 1. The second-order valence-electron chi connectivity index (χ2n) is 4.33. The van der Waals surface area contributed by atoms with Crippen molar-refractivity contribution in [3.05, 3.63) is 24.8 Å². The van der Waals surface area contributed by atoms with Gasteiger partial charge in [0.25, 0.3) is 0 Å². The van der Waals surface area contributed by atoms with Gasteiger partial charge in [-0.05, 0) is 13.8 Å². The number of hydrogen-bond acceptors (Lipinski definition) is 8. The van der Waals surface area contributed by atoms with Crippen molar-refractivity contribution in [2.45, 2.75) is 19.9 Å². The van der Waals surface area contributed by atoms with Crippen LogP contribution in [0.15, 0.2) is 24.8 Å². The van der Waals surface area contributed by atoms with Crippen LogP contribution in [0, 0.1) is 0 Å². The largest absolute Gasteiger partial charge is 0.358 e. The van der Waals surface area contributed by atoms with E-state index in [1.807, 2.05) is 0 Å². The summed E-state index contributed by atoms with van der Waals surface area (Å²) in [5.41, 5.74) is 0.772. The molecule has 0 saturated heterocycles. The number of nitrogens with one attached hydrogen (secondary N) is 1. The zero-order valence-corrected chi connectivity index (χ0v) is 12.6. The Hall–Kier alpha value is -1.93. The summed E-state index contributed by atoms with van der Waals surface area (Å²) in [5.74, 6) is 0. The van der Waals surface area contributed by atoms with Gasteiger partial charge < -0.3 is 5.32 Å². The van der Waals surface area contributed by atoms with Crippen LogP contribution in [0.25, 0.3) is 20.6 Å². The van der Waals surface area contributed by atoms with Crippen LogP contribution in [-0.4, -0.2) is 31.2 Å². The monoisotopic (exact) mass is 304 g/mol. The topological polar surface area (TPSA) is 76.5 Å². The van der Waals surface area contributed by atoms with E-state index in [4.69, 9.17) is 0 Å². The highest BCUT2D eigenvalue weighted by molar-refractivity contribution is 7.24. The van der Waals surface area contributed by atoms with Crippen LogP contribution in [0.3, 0.4) is 0 Å². The van der Waals surface area contributed by atoms with Crippen molar-refractivity contribution in [3.63, 3.8) is 0 Å². The van der Waals surface area contributed by atoms with Gasteiger partial charge in [-0.2, -0.15) is 0 Å². The van der Waals surface area contributed by atoms with Gasteiger partial charge in [0.2, 0.25) is 5.13 Å². The molecule has 3 rings (SSSR count). The van der Waals surface area contributed by atoms with Crippen LogP contribution in [0.1, 0.15) is 13.8 Å². The Morgan fingerprint density at radius 1 is 1.00 bits per heavy atom. The second-order valence-corrected chi connectivity index (χ2v) is 6.34. The average Bonchev–Trinajstić information content (AvgIpc) is 3.07. The molecule has 0 saturated carbocycles. The van der Waals surface area contributed by atoms with E-state index in [1.165, 1.54) is 22.7 Å². The van der Waals surface area contributed by atoms with Crippen molar-refractivity contribution in [2.75, 3.05) is 5.32 Å². The first-order valence-corrected chi connectivity index (χ1v) is 7.68. The minimum Gasteiger partial charge on any atom is -0.358 e. The number of rotatable bonds is 4. The maximum absolute atomic E-state index is 4.37. The molecule has 3 aromatic heterocycles. The summed E-state index contributed by atoms with van der Waals surface area (Å²) in [5, 5.41) is 14.1. The van der Waals surface area contributed by atoms with Crippen molar-refractivity contribution in [1.82, 2.24) is 25.1 Å². The van der Waals surface area contributed by atoms with E-state index in [2.05, 4.69) is 44.3 Å². The summed E-state index contributed by atoms with van der Waals surface area (Å²) in [7, 11) is 0. The molecule has 0 spiro atoms. The van der Waals surface area contributed by atoms with E-state index in [-0.39, 0.29) is 0 Å². The molecule has 0 aliphatic heterocycles. The normalized spacial score (nSPS) is 10.9. The van der Waals surface area contributed by atoms with Gasteiger partial charge >= 0.3 is 0 Å². The zero-order chi connectivity index (χ0) is 13.9. The zero-order valence-electron chi connectivity index (χ0n) is 10.9. The molecule has 102 valence electrons. The van der Waals surface area contributed by atoms with E-state index >= 15 is 0 Å². The van der Waals surface area contributed by atoms with Gasteiger partial charge in [0, 0.05) is 24.6 Å². The Morgan fingerprint density at radius 2 is 1.90 bits per heavy atom. The quantitative estimate of drug-likeness (QED) is 0.798. The lowest BCUT2D eigenvalue weighted by atomic mass is 10.4. The Kier molecular flexibility index (Phi) is 3.66. The lowest BCUT2D eigenvalue weighted by molar-refractivity contribution is 0.888. The van der Waals surface area contributed by atoms with Crippen LogP contribution in [0.2, 0.25) is 0 Å². The highest BCUT2D eigenvalue weighted by Crippen LogP contribution is 2.33. The summed E-state index contributed by atoms with van der Waals surface area (Å²) < 4.78 is 0. The van der Waals surface area contributed by atoms with Gasteiger partial charge in [0.15, 0.2) is 5.01 Å². The van der Waals surface area contributed by atoms with Crippen LogP contribution in [0.4, 0.5) is 5.13 Å². The van der Waals surface area contributed by atoms with E-state index in [0.717, 1.165) is 25.7 Å². The van der Waals surface area contributed by atoms with Crippen molar-refractivity contribution in [1.29, 1.82) is 0 Å². The molecule has 1 N–H and O–H groups in total. The first-order chi connectivity index (χ1) is 9.72. The molecule has 0 amide bonds. The van der Waals surface area contributed by atoms with Gasteiger partial charge in [0.1, 0.15) is 10.7 Å². The summed E-state index contributed by atoms with van der Waals surface area (Å²) in [6.07, 6.45) is 6.81. The van der Waals surface area contributed by atoms with E-state index in [9.17, 15) is 0 Å². The van der Waals surface area contributed by atoms with Crippen molar-refractivity contribution < 1.29 is 0 Å². The fourth-order valence-corrected chi connectivity index (χ4v) is 3.33. The first kappa shape index (κ1) is 13.1. The summed E-state index contributed by atoms with van der Waals surface area (Å²) >= 11 is 3.06. The molecular formula is C12H12N6S2. The number of aromatic nitrogens is 5. The molecule has 0 aliphatic rings. The summed E-state index contributed by atoms with van der Waals surface area (Å²) in [6, 6.07) is 0.340. The fraction of sp³-hybridized carbons (Fsp3) is 0.250. The summed E-state index contributed by atoms with van der Waals surface area (Å²) in [4.78, 5) is 13.6. The minimum atomic E-state index is 0.340. The Morgan fingerprint density at radius 3 is 2.65 bits per heavy atom. The van der Waals surface area contributed by atoms with Crippen LogP contribution in [0.5, 0.6) is 0 Å². The molecule has 0 bridgehead atoms. The standard InChI is InChI=1S/C12H12N6S2/c1-7(2)16-12-18-17-11(20-12)9-6-15-10(19-9)8-5-13-3-4-14-8/h3-7H,1-2H3,(H,16,18). The highest BCUT2D eigenvalue weighted by atomic mass is 32.1. The first-order valence-electron chi connectivity index (χ1n) is 6.05. The Balaban J connectivity index is 1.85. The molecule has 0 aliphatic carbocycles. The molecule has 0 unspecified atom stereocenters. The van der Waals surface area contributed by atoms with Gasteiger partial charge in [-0.15, -0.1) is 21.5 Å². The maximum Gasteiger partial charge on any atom is 0.206 e. The molecule has 6 nitrogen and oxygen atoms in total. The molecule has 0 radical (unpaired) electrons. The Labute approximate surface area is 124 Å². The summed E-state index contributed by atoms with van der Waals surface area (Å²) in [6.45, 7) is 4.14. The van der Waals surface area contributed by atoms with E-state index < -0.39 is 0 Å². The molecule has 3 heterocycles. The molecule has 20 heavy (non-hydrogen) atoms. The fourth-order valence-electron chi connectivity index (χ4n) is 1.53. The van der Waals surface area contributed by atoms with Crippen LogP contribution in [-0.2, 0) is 0 Å². The minimum absolute atomic E-state index is 0.340. The average molecular weight is 304 g/mol. The molecule has 3 aromatic rings. The lowest BCUT2D eigenvalue weighted by Gasteiger charge is -2.02. The third-order valence-corrected chi connectivity index (χ3v) is 4.38. The van der Waals surface area contributed by atoms with Crippen molar-refractivity contribution in [2.24, 2.45) is 0 Å². The van der Waals surface area contributed by atoms with Gasteiger partial charge in [-0.3, -0.25) is 9.97 Å². The van der Waals surface area contributed by atoms with Gasteiger partial charge in [-0.1, -0.05) is 11.3 Å². The molecule has 0 fully saturated rings. The SMILES string of the molecule is CC(C)Nc1nnc(-c2cnc(-c3cnccn3)s2)s1. The molecule has 0 atom stereocenters. The second kappa shape index (κ2) is 5.59. The number of hydrogen-bond donors (Lipinski definition) is 1. The number of thiazole rings is 1. The lowest BCUT2D eigenvalue weighted by Crippen LogP contribution is -2.08. The maximum atomic E-state index is 4.37. The smallest absolute Gasteiger partial charge is 0.206 e. The highest BCUT2D eigenvalue weighted by Gasteiger charge is 2.12. The molecule has 8 heteroatoms. The van der Waals surface area contributed by atoms with Crippen molar-refractivity contribution in [3.8, 4) is 20.6 Å². The van der Waals surface area contributed by atoms with Gasteiger partial charge in [0.05, 0.1) is 11.1 Å². The third kappa shape index (κ3) is 2.81. The van der Waals surface area contributed by atoms with Crippen molar-refractivity contribution >= 4 is 27.8 Å². The molecule has 0 aromatic carbocycles. The predicted molar refractivity (Wildman–Crippen MR) is 80.8 cm³/mol. The predicted octanol–water partition coefficient (Wildman–Crippen LogP) is 2.94. The van der Waals surface area contributed by atoms with E-state index in [1.54, 1.807) is 24.8 Å². The van der Waals surface area contributed by atoms with Gasteiger partial charge in [-0.25, -0.2) is 4.98 Å². The van der Waals surface area contributed by atoms with Crippen LogP contribution < -0.4 is 5.32 Å². The van der Waals surface area contributed by atoms with E-state index in [0.29, 0.717) is 6.04 Å². The van der Waals surface area contributed by atoms with Crippen LogP contribution >= 0.6 is 22.7 Å². The Bertz CT molecular complexity index is 691.